The quantitative estimate of drug-likeness (QED) is 0.254. The third kappa shape index (κ3) is 5.34. The lowest BCUT2D eigenvalue weighted by atomic mass is 10.1. The summed E-state index contributed by atoms with van der Waals surface area (Å²) in [5.41, 5.74) is 0.643. The number of rotatable bonds is 8. The molecule has 4 aliphatic rings. The Labute approximate surface area is 255 Å². The van der Waals surface area contributed by atoms with Crippen molar-refractivity contribution in [2.24, 2.45) is 5.92 Å². The summed E-state index contributed by atoms with van der Waals surface area (Å²) in [5, 5.41) is 21.9. The normalized spacial score (nSPS) is 20.0. The summed E-state index contributed by atoms with van der Waals surface area (Å²) in [4.78, 5) is 65.5. The molecule has 0 spiro atoms. The van der Waals surface area contributed by atoms with Crippen LogP contribution in [0, 0.1) is 5.92 Å². The van der Waals surface area contributed by atoms with Gasteiger partial charge in [-0.05, 0) is 42.6 Å². The third-order valence-electron chi connectivity index (χ3n) is 6.91. The van der Waals surface area contributed by atoms with Gasteiger partial charge in [-0.1, -0.05) is 11.8 Å². The van der Waals surface area contributed by atoms with E-state index < -0.39 is 42.5 Å². The van der Waals surface area contributed by atoms with Crippen molar-refractivity contribution in [2.75, 3.05) is 31.9 Å². The number of benzene rings is 1. The van der Waals surface area contributed by atoms with E-state index in [1.165, 1.54) is 18.9 Å². The van der Waals surface area contributed by atoms with Crippen LogP contribution in [0.2, 0.25) is 0 Å². The van der Waals surface area contributed by atoms with Crippen molar-refractivity contribution in [1.82, 2.24) is 14.8 Å². The number of esters is 1. The van der Waals surface area contributed by atoms with Gasteiger partial charge in [0.15, 0.2) is 16.6 Å². The summed E-state index contributed by atoms with van der Waals surface area (Å²) in [6, 6.07) is 3.61. The van der Waals surface area contributed by atoms with E-state index in [0.717, 1.165) is 44.1 Å². The molecule has 0 atom stereocenters. The Kier molecular flexibility index (Phi) is 7.39. The first-order chi connectivity index (χ1) is 20.5. The molecule has 1 amide bonds. The number of thioether (sulfide) groups is 1. The van der Waals surface area contributed by atoms with Gasteiger partial charge in [0, 0.05) is 17.0 Å². The maximum Gasteiger partial charge on any atom is 0.325 e. The molecule has 6 rings (SSSR count). The summed E-state index contributed by atoms with van der Waals surface area (Å²) < 4.78 is 17.1. The molecule has 4 heterocycles. The molecule has 17 heteroatoms. The highest BCUT2D eigenvalue weighted by molar-refractivity contribution is 8.03. The largest absolute Gasteiger partial charge is 0.480 e. The molecule has 1 aromatic heterocycles. The lowest BCUT2D eigenvalue weighted by Gasteiger charge is -2.21. The fraction of sp³-hybridized carbons (Fsp3) is 0.308. The van der Waals surface area contributed by atoms with Crippen molar-refractivity contribution in [3.63, 3.8) is 0 Å². The van der Waals surface area contributed by atoms with Crippen LogP contribution < -0.4 is 34.4 Å². The van der Waals surface area contributed by atoms with Gasteiger partial charge >= 0.3 is 17.9 Å². The molecule has 224 valence electrons. The number of carbonyl (C=O) groups excluding carboxylic acids is 2. The zero-order valence-corrected chi connectivity index (χ0v) is 24.7. The molecular formula is C26H22N4O10S3. The van der Waals surface area contributed by atoms with Gasteiger partial charge in [-0.25, -0.2) is 0 Å². The number of nitrogens with one attached hydrogen (secondary N) is 1. The number of hydrogen-bond donors (Lipinski definition) is 3. The van der Waals surface area contributed by atoms with Gasteiger partial charge in [-0.3, -0.25) is 33.4 Å². The van der Waals surface area contributed by atoms with E-state index >= 15 is 0 Å². The number of hydrogen-bond acceptors (Lipinski definition) is 12. The zero-order chi connectivity index (χ0) is 30.6. The van der Waals surface area contributed by atoms with Crippen LogP contribution in [0.3, 0.4) is 0 Å². The van der Waals surface area contributed by atoms with Crippen molar-refractivity contribution in [2.45, 2.75) is 24.3 Å². The Morgan fingerprint density at radius 2 is 1.79 bits per heavy atom. The van der Waals surface area contributed by atoms with Crippen molar-refractivity contribution in [1.29, 1.82) is 0 Å². The van der Waals surface area contributed by atoms with Crippen LogP contribution in [0.25, 0.3) is 11.8 Å². The average Bonchev–Trinajstić information content (AvgIpc) is 3.39. The molecule has 3 N–H and O–H groups in total. The van der Waals surface area contributed by atoms with E-state index in [4.69, 9.17) is 26.4 Å². The highest BCUT2D eigenvalue weighted by Gasteiger charge is 2.37. The fourth-order valence-electron chi connectivity index (χ4n) is 4.79. The number of amides is 1. The number of nitrogens with zero attached hydrogens (tertiary/aromatic N) is 3. The molecule has 0 radical (unpaired) electrons. The van der Waals surface area contributed by atoms with Crippen LogP contribution >= 0.6 is 35.3 Å². The van der Waals surface area contributed by atoms with E-state index in [2.05, 4.69) is 5.32 Å². The molecule has 0 bridgehead atoms. The number of carboxylic acid groups (broad SMARTS) is 2. The number of carboxylic acids is 2. The van der Waals surface area contributed by atoms with Crippen LogP contribution in [-0.4, -0.2) is 75.6 Å². The lowest BCUT2D eigenvalue weighted by molar-refractivity contribution is -0.140. The minimum atomic E-state index is -1.31. The summed E-state index contributed by atoms with van der Waals surface area (Å²) in [7, 11) is 1.29. The van der Waals surface area contributed by atoms with Gasteiger partial charge in [-0.15, -0.1) is 11.3 Å². The highest BCUT2D eigenvalue weighted by atomic mass is 32.2. The number of thiocarbonyl (C=S) groups is 1. The van der Waals surface area contributed by atoms with Gasteiger partial charge in [0.25, 0.3) is 11.5 Å². The SMILES string of the molecule is COC(=O)CN1C(=C(C=c2sc(=C3NC(=S)N(CC(=O)O)C3=O)n(CC(=O)O)c2=O)C2CC2)Sc2cc3c(cc21)OCO3. The molecular weight excluding hydrogens is 625 g/mol. The molecule has 14 nitrogen and oxygen atoms in total. The highest BCUT2D eigenvalue weighted by Crippen LogP contribution is 2.54. The van der Waals surface area contributed by atoms with Crippen molar-refractivity contribution in [3.8, 4) is 11.5 Å². The smallest absolute Gasteiger partial charge is 0.325 e. The number of carbonyl (C=O) groups is 4. The van der Waals surface area contributed by atoms with E-state index in [1.807, 2.05) is 6.07 Å². The molecule has 0 unspecified atom stereocenters. The van der Waals surface area contributed by atoms with E-state index in [-0.39, 0.29) is 39.3 Å². The molecule has 2 fully saturated rings. The number of fused-ring (bicyclic) bond motifs is 2. The van der Waals surface area contributed by atoms with Crippen molar-refractivity contribution < 1.29 is 43.6 Å². The predicted molar refractivity (Wildman–Crippen MR) is 156 cm³/mol. The Bertz CT molecular complexity index is 1840. The Hall–Kier alpha value is -4.35. The van der Waals surface area contributed by atoms with Crippen LogP contribution in [0.15, 0.2) is 32.4 Å². The minimum absolute atomic E-state index is 0.00136. The van der Waals surface area contributed by atoms with Crippen LogP contribution in [-0.2, 0) is 30.5 Å². The first kappa shape index (κ1) is 28.8. The lowest BCUT2D eigenvalue weighted by Crippen LogP contribution is -2.37. The van der Waals surface area contributed by atoms with Gasteiger partial charge in [-0.2, -0.15) is 0 Å². The number of thiazole rings is 1. The molecule has 2 aromatic rings. The first-order valence-corrected chi connectivity index (χ1v) is 14.8. The molecule has 3 aliphatic heterocycles. The second kappa shape index (κ2) is 11.1. The number of anilines is 1. The third-order valence-corrected chi connectivity index (χ3v) is 9.56. The summed E-state index contributed by atoms with van der Waals surface area (Å²) >= 11 is 7.41. The van der Waals surface area contributed by atoms with E-state index in [1.54, 1.807) is 17.0 Å². The van der Waals surface area contributed by atoms with E-state index in [0.29, 0.717) is 22.2 Å². The van der Waals surface area contributed by atoms with Gasteiger partial charge in [0.2, 0.25) is 6.79 Å². The Balaban J connectivity index is 1.53. The second-order valence-corrected chi connectivity index (χ2v) is 12.2. The number of aliphatic carboxylic acids is 2. The molecule has 1 aromatic carbocycles. The van der Waals surface area contributed by atoms with Gasteiger partial charge in [0.1, 0.15) is 30.0 Å². The van der Waals surface area contributed by atoms with Gasteiger partial charge < -0.3 is 34.6 Å². The molecule has 1 saturated heterocycles. The number of allylic oxidation sites excluding steroid dienone is 1. The van der Waals surface area contributed by atoms with Crippen LogP contribution in [0.5, 0.6) is 11.5 Å². The average molecular weight is 647 g/mol. The van der Waals surface area contributed by atoms with Crippen molar-refractivity contribution >= 4 is 81.7 Å². The van der Waals surface area contributed by atoms with Gasteiger partial charge in [0.05, 0.1) is 22.4 Å². The van der Waals surface area contributed by atoms with Crippen LogP contribution in [0.4, 0.5) is 5.69 Å². The molecule has 1 saturated carbocycles. The molecule has 43 heavy (non-hydrogen) atoms. The maximum atomic E-state index is 13.6. The molecule has 1 aliphatic carbocycles. The topological polar surface area (TPSA) is 177 Å². The van der Waals surface area contributed by atoms with E-state index in [9.17, 15) is 34.2 Å². The monoisotopic (exact) mass is 646 g/mol. The minimum Gasteiger partial charge on any atom is -0.480 e. The first-order valence-electron chi connectivity index (χ1n) is 12.8. The Morgan fingerprint density at radius 1 is 1.09 bits per heavy atom. The number of ether oxygens (including phenoxy) is 3. The zero-order valence-electron chi connectivity index (χ0n) is 22.3. The summed E-state index contributed by atoms with van der Waals surface area (Å²) in [6.45, 7) is -1.46. The standard InChI is InChI=1S/C26H22N4O10S3/c1-38-20(35)9-28-13-5-14-15(40-10-39-14)6-16(13)42-24(28)12(11-2-3-11)4-17-22(36)29(7-18(31)32)25(43-17)21-23(37)30(8-19(33)34)26(41)27-21/h4-6,11H,2-3,7-10H2,1H3,(H,27,41)(H,31,32)(H,33,34). The Morgan fingerprint density at radius 3 is 2.44 bits per heavy atom. The predicted octanol–water partition coefficient (Wildman–Crippen LogP) is -0.180. The van der Waals surface area contributed by atoms with Crippen LogP contribution in [0.1, 0.15) is 12.8 Å². The summed E-state index contributed by atoms with van der Waals surface area (Å²) in [6.07, 6.45) is 3.33. The maximum absolute atomic E-state index is 13.6. The second-order valence-electron chi connectivity index (χ2n) is 9.76. The number of aromatic nitrogens is 1. The fourth-order valence-corrected chi connectivity index (χ4v) is 7.40. The van der Waals surface area contributed by atoms with Crippen molar-refractivity contribution in [3.05, 3.63) is 42.3 Å². The number of methoxy groups -OCH3 is 1. The summed E-state index contributed by atoms with van der Waals surface area (Å²) in [5.74, 6) is -2.71.